The molecule has 0 atom stereocenters. The minimum absolute atomic E-state index is 0.646. The lowest BCUT2D eigenvalue weighted by molar-refractivity contribution is 1.60. The van der Waals surface area contributed by atoms with E-state index in [4.69, 9.17) is 12.2 Å². The molecule has 0 saturated carbocycles. The summed E-state index contributed by atoms with van der Waals surface area (Å²) in [6.45, 7) is 3.55. The van der Waals surface area contributed by atoms with Crippen LogP contribution in [0.1, 0.15) is 0 Å². The molecule has 0 aromatic rings. The largest absolute Gasteiger partial charge is 0.405 e. The molecule has 0 saturated heterocycles. The number of allylic oxidation sites excluding steroid dienone is 4. The molecule has 0 fully saturated rings. The first kappa shape index (κ1) is 7.58. The number of nitrogens with two attached hydrogens (primary N) is 1. The molecule has 0 aliphatic heterocycles. The predicted molar refractivity (Wildman–Crippen MR) is 40.4 cm³/mol. The summed E-state index contributed by atoms with van der Waals surface area (Å²) in [7, 11) is 0. The van der Waals surface area contributed by atoms with E-state index in [1.165, 1.54) is 6.20 Å². The molecular formula is C8H9N. The molecule has 0 aromatic heterocycles. The molecule has 0 aliphatic rings. The SMILES string of the molecule is C#CC(=C)/C=C\C=C/N. The number of terminal acetylenes is 1. The highest BCUT2D eigenvalue weighted by atomic mass is 14.5. The van der Waals surface area contributed by atoms with Gasteiger partial charge in [0, 0.05) is 5.57 Å². The molecule has 0 heterocycles. The Kier molecular flexibility index (Phi) is 3.99. The molecule has 0 spiro atoms. The van der Waals surface area contributed by atoms with Crippen molar-refractivity contribution in [1.82, 2.24) is 0 Å². The molecule has 0 bridgehead atoms. The molecule has 1 nitrogen and oxygen atoms in total. The van der Waals surface area contributed by atoms with Crippen molar-refractivity contribution in [3.05, 3.63) is 36.6 Å². The van der Waals surface area contributed by atoms with Gasteiger partial charge in [0.05, 0.1) is 0 Å². The highest BCUT2D eigenvalue weighted by Gasteiger charge is 1.71. The first-order chi connectivity index (χ1) is 4.31. The summed E-state index contributed by atoms with van der Waals surface area (Å²) in [5.41, 5.74) is 5.69. The van der Waals surface area contributed by atoms with Crippen LogP contribution < -0.4 is 5.73 Å². The van der Waals surface area contributed by atoms with Crippen molar-refractivity contribution in [3.63, 3.8) is 0 Å². The fourth-order valence-corrected chi connectivity index (χ4v) is 0.284. The zero-order valence-electron chi connectivity index (χ0n) is 5.17. The first-order valence-corrected chi connectivity index (χ1v) is 2.51. The minimum atomic E-state index is 0.646. The summed E-state index contributed by atoms with van der Waals surface area (Å²) >= 11 is 0. The maximum Gasteiger partial charge on any atom is 0.0170 e. The zero-order valence-corrected chi connectivity index (χ0v) is 5.17. The van der Waals surface area contributed by atoms with Crippen molar-refractivity contribution in [2.24, 2.45) is 5.73 Å². The van der Waals surface area contributed by atoms with Crippen LogP contribution in [0.4, 0.5) is 0 Å². The zero-order chi connectivity index (χ0) is 7.11. The van der Waals surface area contributed by atoms with Crippen molar-refractivity contribution in [1.29, 1.82) is 0 Å². The standard InChI is InChI=1S/C8H9N/c1-3-8(2)6-4-5-7-9/h1,4-7H,2,9H2/b6-4-,7-5-. The van der Waals surface area contributed by atoms with Gasteiger partial charge in [-0.05, 0) is 18.4 Å². The van der Waals surface area contributed by atoms with Crippen LogP contribution in [0.25, 0.3) is 0 Å². The molecule has 46 valence electrons. The van der Waals surface area contributed by atoms with E-state index in [2.05, 4.69) is 12.5 Å². The minimum Gasteiger partial charge on any atom is -0.405 e. The molecular weight excluding hydrogens is 110 g/mol. The van der Waals surface area contributed by atoms with Crippen LogP contribution in [0, 0.1) is 12.3 Å². The van der Waals surface area contributed by atoms with Crippen LogP contribution in [0.5, 0.6) is 0 Å². The summed E-state index contributed by atoms with van der Waals surface area (Å²) in [5.74, 6) is 2.37. The van der Waals surface area contributed by atoms with E-state index >= 15 is 0 Å². The van der Waals surface area contributed by atoms with Crippen molar-refractivity contribution >= 4 is 0 Å². The Morgan fingerprint density at radius 2 is 2.22 bits per heavy atom. The van der Waals surface area contributed by atoms with Gasteiger partial charge >= 0.3 is 0 Å². The Hall–Kier alpha value is -1.42. The van der Waals surface area contributed by atoms with E-state index in [1.807, 2.05) is 0 Å². The Morgan fingerprint density at radius 3 is 2.67 bits per heavy atom. The van der Waals surface area contributed by atoms with Gasteiger partial charge in [0.2, 0.25) is 0 Å². The summed E-state index contributed by atoms with van der Waals surface area (Å²) in [4.78, 5) is 0. The van der Waals surface area contributed by atoms with Crippen molar-refractivity contribution in [2.45, 2.75) is 0 Å². The van der Waals surface area contributed by atoms with E-state index in [9.17, 15) is 0 Å². The third kappa shape index (κ3) is 4.43. The quantitative estimate of drug-likeness (QED) is 0.429. The molecule has 9 heavy (non-hydrogen) atoms. The number of hydrogen-bond acceptors (Lipinski definition) is 1. The van der Waals surface area contributed by atoms with E-state index < -0.39 is 0 Å². The van der Waals surface area contributed by atoms with Crippen molar-refractivity contribution < 1.29 is 0 Å². The lowest BCUT2D eigenvalue weighted by Gasteiger charge is -1.78. The van der Waals surface area contributed by atoms with E-state index in [0.717, 1.165) is 0 Å². The molecule has 0 rings (SSSR count). The highest BCUT2D eigenvalue weighted by molar-refractivity contribution is 5.34. The Morgan fingerprint density at radius 1 is 1.56 bits per heavy atom. The summed E-state index contributed by atoms with van der Waals surface area (Å²) in [5, 5.41) is 0. The Labute approximate surface area is 55.6 Å². The molecule has 0 aliphatic carbocycles. The van der Waals surface area contributed by atoms with Gasteiger partial charge in [-0.25, -0.2) is 0 Å². The van der Waals surface area contributed by atoms with Crippen molar-refractivity contribution in [2.75, 3.05) is 0 Å². The monoisotopic (exact) mass is 119 g/mol. The van der Waals surface area contributed by atoms with Crippen LogP contribution in [-0.4, -0.2) is 0 Å². The van der Waals surface area contributed by atoms with Gasteiger partial charge in [-0.15, -0.1) is 6.42 Å². The average molecular weight is 119 g/mol. The smallest absolute Gasteiger partial charge is 0.0170 e. The number of hydrogen-bond donors (Lipinski definition) is 1. The number of rotatable bonds is 2. The van der Waals surface area contributed by atoms with Crippen LogP contribution in [0.15, 0.2) is 36.6 Å². The van der Waals surface area contributed by atoms with Gasteiger partial charge in [-0.1, -0.05) is 18.6 Å². The fraction of sp³-hybridized carbons (Fsp3) is 0. The molecule has 0 unspecified atom stereocenters. The maximum absolute atomic E-state index is 5.04. The van der Waals surface area contributed by atoms with Gasteiger partial charge in [-0.2, -0.15) is 0 Å². The van der Waals surface area contributed by atoms with Gasteiger partial charge in [0.25, 0.3) is 0 Å². The molecule has 1 heteroatoms. The van der Waals surface area contributed by atoms with Gasteiger partial charge in [0.15, 0.2) is 0 Å². The lowest BCUT2D eigenvalue weighted by atomic mass is 10.3. The van der Waals surface area contributed by atoms with E-state index in [1.54, 1.807) is 18.2 Å². The average Bonchev–Trinajstić information content (AvgIpc) is 1.89. The lowest BCUT2D eigenvalue weighted by Crippen LogP contribution is -1.72. The summed E-state index contributed by atoms with van der Waals surface area (Å²) < 4.78 is 0. The van der Waals surface area contributed by atoms with Gasteiger partial charge in [0.1, 0.15) is 0 Å². The topological polar surface area (TPSA) is 26.0 Å². The molecule has 0 amide bonds. The van der Waals surface area contributed by atoms with Gasteiger partial charge < -0.3 is 5.73 Å². The third-order valence-electron chi connectivity index (χ3n) is 0.705. The molecule has 0 aromatic carbocycles. The van der Waals surface area contributed by atoms with E-state index in [0.29, 0.717) is 5.57 Å². The summed E-state index contributed by atoms with van der Waals surface area (Å²) in [6.07, 6.45) is 11.6. The van der Waals surface area contributed by atoms with E-state index in [-0.39, 0.29) is 0 Å². The van der Waals surface area contributed by atoms with Crippen LogP contribution in [0.3, 0.4) is 0 Å². The Balaban J connectivity index is 3.75. The highest BCUT2D eigenvalue weighted by Crippen LogP contribution is 1.87. The molecule has 0 radical (unpaired) electrons. The van der Waals surface area contributed by atoms with Crippen LogP contribution in [-0.2, 0) is 0 Å². The fourth-order valence-electron chi connectivity index (χ4n) is 0.284. The van der Waals surface area contributed by atoms with Crippen LogP contribution in [0.2, 0.25) is 0 Å². The third-order valence-corrected chi connectivity index (χ3v) is 0.705. The predicted octanol–water partition coefficient (Wildman–Crippen LogP) is 1.20. The first-order valence-electron chi connectivity index (χ1n) is 2.51. The normalized spacial score (nSPS) is 10.1. The maximum atomic E-state index is 5.04. The Bertz CT molecular complexity index is 179. The van der Waals surface area contributed by atoms with Gasteiger partial charge in [-0.3, -0.25) is 0 Å². The van der Waals surface area contributed by atoms with Crippen LogP contribution >= 0.6 is 0 Å². The second-order valence-electron chi connectivity index (χ2n) is 1.41. The summed E-state index contributed by atoms with van der Waals surface area (Å²) in [6, 6.07) is 0. The van der Waals surface area contributed by atoms with Crippen molar-refractivity contribution in [3.8, 4) is 12.3 Å². The second-order valence-corrected chi connectivity index (χ2v) is 1.41. The molecule has 2 N–H and O–H groups in total. The second kappa shape index (κ2) is 4.73.